The third kappa shape index (κ3) is 4.47. The molecule has 0 saturated heterocycles. The zero-order valence-electron chi connectivity index (χ0n) is 14.5. The maximum atomic E-state index is 12.4. The number of carbonyl (C=O) groups is 2. The van der Waals surface area contributed by atoms with Gasteiger partial charge in [-0.15, -0.1) is 0 Å². The van der Waals surface area contributed by atoms with Crippen LogP contribution in [0.1, 0.15) is 53.7 Å². The lowest BCUT2D eigenvalue weighted by molar-refractivity contribution is -0.122. The molecule has 25 heavy (non-hydrogen) atoms. The molecule has 0 radical (unpaired) electrons. The van der Waals surface area contributed by atoms with E-state index >= 15 is 0 Å². The van der Waals surface area contributed by atoms with Gasteiger partial charge >= 0.3 is 0 Å². The number of carbonyl (C=O) groups excluding carboxylic acids is 2. The molecule has 2 amide bonds. The van der Waals surface area contributed by atoms with E-state index in [9.17, 15) is 9.59 Å². The summed E-state index contributed by atoms with van der Waals surface area (Å²) < 4.78 is 0. The van der Waals surface area contributed by atoms with E-state index in [0.717, 1.165) is 19.3 Å². The van der Waals surface area contributed by atoms with Gasteiger partial charge < -0.3 is 10.6 Å². The number of nitrogens with one attached hydrogen (secondary N) is 2. The van der Waals surface area contributed by atoms with Gasteiger partial charge in [0.05, 0.1) is 6.04 Å². The molecule has 0 aromatic heterocycles. The molecule has 4 heteroatoms. The molecule has 1 aliphatic carbocycles. The second-order valence-electron chi connectivity index (χ2n) is 6.66. The fraction of sp³-hybridized carbons (Fsp3) is 0.333. The summed E-state index contributed by atoms with van der Waals surface area (Å²) >= 11 is 0. The Bertz CT molecular complexity index is 743. The van der Waals surface area contributed by atoms with E-state index in [1.807, 2.05) is 37.3 Å². The van der Waals surface area contributed by atoms with Gasteiger partial charge in [0.25, 0.3) is 5.91 Å². The van der Waals surface area contributed by atoms with Crippen LogP contribution in [0, 0.1) is 0 Å². The van der Waals surface area contributed by atoms with Gasteiger partial charge in [-0.3, -0.25) is 9.59 Å². The molecule has 0 saturated carbocycles. The van der Waals surface area contributed by atoms with E-state index in [1.165, 1.54) is 11.1 Å². The highest BCUT2D eigenvalue weighted by Crippen LogP contribution is 2.29. The van der Waals surface area contributed by atoms with E-state index in [4.69, 9.17) is 0 Å². The quantitative estimate of drug-likeness (QED) is 0.879. The van der Waals surface area contributed by atoms with Crippen LogP contribution < -0.4 is 10.6 Å². The zero-order valence-corrected chi connectivity index (χ0v) is 14.5. The first kappa shape index (κ1) is 17.2. The Balaban J connectivity index is 1.54. The predicted octanol–water partition coefficient (Wildman–Crippen LogP) is 3.39. The SMILES string of the molecule is C[C@H](CC(=O)N[C@H]1CCCc2ccccc21)NC(=O)c1ccccc1. The van der Waals surface area contributed by atoms with Crippen LogP contribution >= 0.6 is 0 Å². The normalized spacial score (nSPS) is 17.2. The van der Waals surface area contributed by atoms with Gasteiger partial charge in [0.15, 0.2) is 0 Å². The Morgan fingerprint density at radius 1 is 1.08 bits per heavy atom. The average Bonchev–Trinajstić information content (AvgIpc) is 2.62. The largest absolute Gasteiger partial charge is 0.349 e. The highest BCUT2D eigenvalue weighted by atomic mass is 16.2. The number of amides is 2. The van der Waals surface area contributed by atoms with Crippen LogP contribution in [0.3, 0.4) is 0 Å². The lowest BCUT2D eigenvalue weighted by Gasteiger charge is -2.27. The number of rotatable bonds is 5. The minimum absolute atomic E-state index is 0.0254. The zero-order chi connectivity index (χ0) is 17.6. The topological polar surface area (TPSA) is 58.2 Å². The van der Waals surface area contributed by atoms with Gasteiger partial charge in [0, 0.05) is 18.0 Å². The van der Waals surface area contributed by atoms with Crippen LogP contribution in [0.25, 0.3) is 0 Å². The fourth-order valence-electron chi connectivity index (χ4n) is 3.38. The van der Waals surface area contributed by atoms with Crippen molar-refractivity contribution in [3.63, 3.8) is 0 Å². The van der Waals surface area contributed by atoms with E-state index in [0.29, 0.717) is 5.56 Å². The molecule has 2 aromatic rings. The molecule has 2 aromatic carbocycles. The molecule has 0 bridgehead atoms. The summed E-state index contributed by atoms with van der Waals surface area (Å²) in [5.41, 5.74) is 3.16. The third-order valence-corrected chi connectivity index (χ3v) is 4.61. The van der Waals surface area contributed by atoms with Crippen LogP contribution in [-0.2, 0) is 11.2 Å². The van der Waals surface area contributed by atoms with Crippen molar-refractivity contribution in [2.45, 2.75) is 44.7 Å². The molecule has 2 atom stereocenters. The van der Waals surface area contributed by atoms with E-state index < -0.39 is 0 Å². The molecule has 1 aliphatic rings. The van der Waals surface area contributed by atoms with Crippen molar-refractivity contribution >= 4 is 11.8 Å². The average molecular weight is 336 g/mol. The van der Waals surface area contributed by atoms with Crippen LogP contribution in [0.2, 0.25) is 0 Å². The van der Waals surface area contributed by atoms with Crippen molar-refractivity contribution in [3.8, 4) is 0 Å². The van der Waals surface area contributed by atoms with E-state index in [2.05, 4.69) is 22.8 Å². The number of hydrogen-bond donors (Lipinski definition) is 2. The van der Waals surface area contributed by atoms with Gasteiger partial charge in [-0.05, 0) is 49.4 Å². The molecule has 4 nitrogen and oxygen atoms in total. The van der Waals surface area contributed by atoms with Crippen molar-refractivity contribution in [2.75, 3.05) is 0 Å². The first-order chi connectivity index (χ1) is 12.1. The van der Waals surface area contributed by atoms with Crippen LogP contribution in [0.15, 0.2) is 54.6 Å². The molecule has 130 valence electrons. The molecular formula is C21H24N2O2. The minimum Gasteiger partial charge on any atom is -0.349 e. The van der Waals surface area contributed by atoms with Crippen LogP contribution in [0.5, 0.6) is 0 Å². The molecule has 0 spiro atoms. The summed E-state index contributed by atoms with van der Waals surface area (Å²) in [4.78, 5) is 24.5. The molecular weight excluding hydrogens is 312 g/mol. The van der Waals surface area contributed by atoms with Crippen molar-refractivity contribution in [1.29, 1.82) is 0 Å². The predicted molar refractivity (Wildman–Crippen MR) is 98.3 cm³/mol. The second-order valence-corrected chi connectivity index (χ2v) is 6.66. The van der Waals surface area contributed by atoms with Gasteiger partial charge in [-0.25, -0.2) is 0 Å². The Morgan fingerprint density at radius 3 is 2.60 bits per heavy atom. The summed E-state index contributed by atoms with van der Waals surface area (Å²) in [6, 6.07) is 17.2. The molecule has 0 heterocycles. The molecule has 2 N–H and O–H groups in total. The van der Waals surface area contributed by atoms with Gasteiger partial charge in [0.1, 0.15) is 0 Å². The molecule has 3 rings (SSSR count). The first-order valence-electron chi connectivity index (χ1n) is 8.86. The number of fused-ring (bicyclic) bond motifs is 1. The Kier molecular flexibility index (Phi) is 5.49. The Labute approximate surface area is 148 Å². The van der Waals surface area contributed by atoms with Crippen molar-refractivity contribution < 1.29 is 9.59 Å². The summed E-state index contributed by atoms with van der Waals surface area (Å²) in [6.07, 6.45) is 3.40. The molecule has 0 fully saturated rings. The summed E-state index contributed by atoms with van der Waals surface area (Å²) in [5.74, 6) is -0.175. The maximum Gasteiger partial charge on any atom is 0.251 e. The number of benzene rings is 2. The summed E-state index contributed by atoms with van der Waals surface area (Å²) in [7, 11) is 0. The summed E-state index contributed by atoms with van der Waals surface area (Å²) in [6.45, 7) is 1.86. The lowest BCUT2D eigenvalue weighted by atomic mass is 9.87. The van der Waals surface area contributed by atoms with Crippen LogP contribution in [0.4, 0.5) is 0 Å². The van der Waals surface area contributed by atoms with Gasteiger partial charge in [-0.1, -0.05) is 42.5 Å². The highest BCUT2D eigenvalue weighted by molar-refractivity contribution is 5.94. The van der Waals surface area contributed by atoms with Crippen molar-refractivity contribution in [2.24, 2.45) is 0 Å². The first-order valence-corrected chi connectivity index (χ1v) is 8.86. The lowest BCUT2D eigenvalue weighted by Crippen LogP contribution is -2.38. The summed E-state index contributed by atoms with van der Waals surface area (Å²) in [5, 5.41) is 6.01. The molecule has 0 unspecified atom stereocenters. The smallest absolute Gasteiger partial charge is 0.251 e. The Hall–Kier alpha value is -2.62. The van der Waals surface area contributed by atoms with Gasteiger partial charge in [-0.2, -0.15) is 0 Å². The fourth-order valence-corrected chi connectivity index (χ4v) is 3.38. The van der Waals surface area contributed by atoms with Crippen molar-refractivity contribution in [3.05, 3.63) is 71.3 Å². The van der Waals surface area contributed by atoms with E-state index in [1.54, 1.807) is 12.1 Å². The highest BCUT2D eigenvalue weighted by Gasteiger charge is 2.22. The van der Waals surface area contributed by atoms with Crippen molar-refractivity contribution in [1.82, 2.24) is 10.6 Å². The third-order valence-electron chi connectivity index (χ3n) is 4.61. The standard InChI is InChI=1S/C21H24N2O2/c1-15(22-21(25)17-9-3-2-4-10-17)14-20(24)23-19-13-7-11-16-8-5-6-12-18(16)19/h2-6,8-10,12,15,19H,7,11,13-14H2,1H3,(H,22,25)(H,23,24)/t15-,19+/m1/s1. The second kappa shape index (κ2) is 7.97. The number of aryl methyl sites for hydroxylation is 1. The monoisotopic (exact) mass is 336 g/mol. The minimum atomic E-state index is -0.216. The molecule has 0 aliphatic heterocycles. The van der Waals surface area contributed by atoms with E-state index in [-0.39, 0.29) is 30.3 Å². The number of hydrogen-bond acceptors (Lipinski definition) is 2. The Morgan fingerprint density at radius 2 is 1.80 bits per heavy atom. The van der Waals surface area contributed by atoms with Crippen LogP contribution in [-0.4, -0.2) is 17.9 Å². The van der Waals surface area contributed by atoms with Gasteiger partial charge in [0.2, 0.25) is 5.91 Å². The maximum absolute atomic E-state index is 12.4.